The Morgan fingerprint density at radius 1 is 1.08 bits per heavy atom. The van der Waals surface area contributed by atoms with Crippen LogP contribution in [-0.2, 0) is 22.3 Å². The summed E-state index contributed by atoms with van der Waals surface area (Å²) < 4.78 is 29.8. The fourth-order valence-corrected chi connectivity index (χ4v) is 5.67. The van der Waals surface area contributed by atoms with Gasteiger partial charge in [0.25, 0.3) is 0 Å². The molecule has 0 fully saturated rings. The molecule has 0 unspecified atom stereocenters. The van der Waals surface area contributed by atoms with Crippen LogP contribution >= 0.6 is 7.14 Å². The Bertz CT molecular complexity index is 1630. The van der Waals surface area contributed by atoms with Gasteiger partial charge in [-0.15, -0.1) is 10.2 Å². The Kier molecular flexibility index (Phi) is 6.47. The van der Waals surface area contributed by atoms with Crippen LogP contribution in [0, 0.1) is 12.7 Å². The van der Waals surface area contributed by atoms with Crippen LogP contribution in [-0.4, -0.2) is 56.7 Å². The van der Waals surface area contributed by atoms with Crippen molar-refractivity contribution in [1.82, 2.24) is 24.9 Å². The number of hydrogen-bond donors (Lipinski definition) is 2. The number of aryl methyl sites for hydroxylation is 1. The minimum Gasteiger partial charge on any atom is -0.395 e. The van der Waals surface area contributed by atoms with Crippen LogP contribution in [0.2, 0.25) is 0 Å². The molecule has 3 N–H and O–H groups in total. The molecule has 2 aromatic carbocycles. The SMILES string of the molecule is Cc1ccc(P(C)(C)=O)cc1-c1cc2cc(Nc3cc4n(n3)CC(=O)N(C(C)C)CC4)nnc2c(N)c1F. The van der Waals surface area contributed by atoms with Gasteiger partial charge in [-0.25, -0.2) is 4.39 Å². The molecule has 3 heterocycles. The summed E-state index contributed by atoms with van der Waals surface area (Å²) in [7, 11) is -2.54. The van der Waals surface area contributed by atoms with Crippen molar-refractivity contribution in [3.05, 3.63) is 53.5 Å². The van der Waals surface area contributed by atoms with Gasteiger partial charge in [0, 0.05) is 47.0 Å². The molecule has 11 heteroatoms. The van der Waals surface area contributed by atoms with Gasteiger partial charge in [-0.1, -0.05) is 12.1 Å². The van der Waals surface area contributed by atoms with Gasteiger partial charge in [0.2, 0.25) is 5.91 Å². The number of nitrogens with zero attached hydrogens (tertiary/aromatic N) is 5. The van der Waals surface area contributed by atoms with E-state index in [9.17, 15) is 9.36 Å². The van der Waals surface area contributed by atoms with Gasteiger partial charge >= 0.3 is 0 Å². The van der Waals surface area contributed by atoms with Crippen molar-refractivity contribution in [2.75, 3.05) is 30.9 Å². The number of benzene rings is 2. The summed E-state index contributed by atoms with van der Waals surface area (Å²) in [6.07, 6.45) is 0.696. The van der Waals surface area contributed by atoms with Gasteiger partial charge in [-0.05, 0) is 63.4 Å². The summed E-state index contributed by atoms with van der Waals surface area (Å²) in [5.41, 5.74) is 9.03. The van der Waals surface area contributed by atoms with E-state index in [-0.39, 0.29) is 29.7 Å². The number of rotatable bonds is 5. The highest BCUT2D eigenvalue weighted by atomic mass is 31.2. The first kappa shape index (κ1) is 25.9. The lowest BCUT2D eigenvalue weighted by Crippen LogP contribution is -2.38. The molecular weight excluding hydrogens is 504 g/mol. The summed E-state index contributed by atoms with van der Waals surface area (Å²) in [6, 6.07) is 10.9. The second-order valence-corrected chi connectivity index (χ2v) is 13.6. The minimum absolute atomic E-state index is 0.0331. The Balaban J connectivity index is 1.49. The molecule has 1 aliphatic rings. The van der Waals surface area contributed by atoms with Crippen LogP contribution in [0.15, 0.2) is 36.4 Å². The molecule has 1 amide bonds. The van der Waals surface area contributed by atoms with Crippen molar-refractivity contribution < 1.29 is 13.8 Å². The van der Waals surface area contributed by atoms with Gasteiger partial charge in [0.1, 0.15) is 19.2 Å². The van der Waals surface area contributed by atoms with Crippen LogP contribution in [0.3, 0.4) is 0 Å². The Morgan fingerprint density at radius 3 is 2.55 bits per heavy atom. The van der Waals surface area contributed by atoms with Crippen LogP contribution in [0.1, 0.15) is 25.1 Å². The second kappa shape index (κ2) is 9.51. The normalized spacial score (nSPS) is 14.2. The quantitative estimate of drug-likeness (QED) is 0.289. The van der Waals surface area contributed by atoms with E-state index in [4.69, 9.17) is 5.73 Å². The summed E-state index contributed by atoms with van der Waals surface area (Å²) in [4.78, 5) is 14.5. The highest BCUT2D eigenvalue weighted by Crippen LogP contribution is 2.39. The second-order valence-electron chi connectivity index (χ2n) is 10.4. The number of hydrogen-bond acceptors (Lipinski definition) is 7. The Labute approximate surface area is 220 Å². The standard InChI is InChI=1S/C27H31FN7O2P/c1-15(2)34-9-8-18-12-23(33-35(18)14-24(34)36)30-22-11-17-10-21(25(28)26(29)27(17)32-31-22)20-13-19(38(4,5)37)7-6-16(20)3/h6-7,10-13,15H,8-9,14,29H2,1-5H3,(H,30,31,33). The molecule has 5 rings (SSSR count). The summed E-state index contributed by atoms with van der Waals surface area (Å²) >= 11 is 0. The van der Waals surface area contributed by atoms with Crippen molar-refractivity contribution in [1.29, 1.82) is 0 Å². The lowest BCUT2D eigenvalue weighted by atomic mass is 9.97. The predicted octanol–water partition coefficient (Wildman–Crippen LogP) is 4.31. The lowest BCUT2D eigenvalue weighted by Gasteiger charge is -2.24. The fraction of sp³-hybridized carbons (Fsp3) is 0.333. The third-order valence-electron chi connectivity index (χ3n) is 6.94. The van der Waals surface area contributed by atoms with E-state index in [1.165, 1.54) is 0 Å². The maximum Gasteiger partial charge on any atom is 0.244 e. The van der Waals surface area contributed by atoms with Gasteiger partial charge in [0.15, 0.2) is 17.5 Å². The molecule has 0 saturated carbocycles. The maximum atomic E-state index is 15.4. The van der Waals surface area contributed by atoms with E-state index in [2.05, 4.69) is 20.6 Å². The third kappa shape index (κ3) is 4.76. The van der Waals surface area contributed by atoms with Crippen LogP contribution in [0.25, 0.3) is 22.0 Å². The number of nitrogen functional groups attached to an aromatic ring is 1. The first-order valence-corrected chi connectivity index (χ1v) is 15.1. The van der Waals surface area contributed by atoms with E-state index < -0.39 is 13.0 Å². The number of anilines is 3. The molecule has 0 radical (unpaired) electrons. The van der Waals surface area contributed by atoms with E-state index in [1.807, 2.05) is 43.9 Å². The Morgan fingerprint density at radius 2 is 1.84 bits per heavy atom. The van der Waals surface area contributed by atoms with Gasteiger partial charge in [-0.3, -0.25) is 9.48 Å². The van der Waals surface area contributed by atoms with Crippen molar-refractivity contribution in [2.45, 2.75) is 39.8 Å². The van der Waals surface area contributed by atoms with E-state index in [0.717, 1.165) is 11.3 Å². The van der Waals surface area contributed by atoms with Crippen LogP contribution in [0.5, 0.6) is 0 Å². The average molecular weight is 536 g/mol. The summed E-state index contributed by atoms with van der Waals surface area (Å²) in [6.45, 7) is 10.1. The van der Waals surface area contributed by atoms with E-state index in [1.54, 1.807) is 36.2 Å². The largest absolute Gasteiger partial charge is 0.395 e. The smallest absolute Gasteiger partial charge is 0.244 e. The molecule has 0 atom stereocenters. The number of nitrogens with two attached hydrogens (primary N) is 1. The molecule has 0 aliphatic carbocycles. The number of carbonyl (C=O) groups is 1. The molecule has 9 nitrogen and oxygen atoms in total. The molecule has 198 valence electrons. The number of carbonyl (C=O) groups excluding carboxylic acids is 1. The van der Waals surface area contributed by atoms with Gasteiger partial charge < -0.3 is 20.5 Å². The van der Waals surface area contributed by atoms with Crippen molar-refractivity contribution in [2.24, 2.45) is 0 Å². The highest BCUT2D eigenvalue weighted by Gasteiger charge is 2.24. The molecule has 0 bridgehead atoms. The topological polar surface area (TPSA) is 119 Å². The third-order valence-corrected chi connectivity index (χ3v) is 8.46. The molecule has 1 aliphatic heterocycles. The van der Waals surface area contributed by atoms with Gasteiger partial charge in [0.05, 0.1) is 5.69 Å². The van der Waals surface area contributed by atoms with Crippen LogP contribution in [0.4, 0.5) is 21.7 Å². The number of aromatic nitrogens is 4. The zero-order chi connectivity index (χ0) is 27.4. The van der Waals surface area contributed by atoms with Crippen LogP contribution < -0.4 is 16.4 Å². The number of nitrogens with one attached hydrogen (secondary N) is 1. The van der Waals surface area contributed by atoms with Crippen molar-refractivity contribution >= 4 is 46.6 Å². The van der Waals surface area contributed by atoms with E-state index in [0.29, 0.717) is 46.4 Å². The number of halogens is 1. The zero-order valence-electron chi connectivity index (χ0n) is 22.1. The first-order chi connectivity index (χ1) is 17.9. The monoisotopic (exact) mass is 535 g/mol. The fourth-order valence-electron chi connectivity index (χ4n) is 4.80. The first-order valence-electron chi connectivity index (χ1n) is 12.5. The van der Waals surface area contributed by atoms with Crippen molar-refractivity contribution in [3.63, 3.8) is 0 Å². The van der Waals surface area contributed by atoms with Crippen molar-refractivity contribution in [3.8, 4) is 11.1 Å². The molecule has 0 spiro atoms. The molecular formula is C27H31FN7O2P. The minimum atomic E-state index is -2.54. The van der Waals surface area contributed by atoms with E-state index >= 15 is 4.39 Å². The molecule has 0 saturated heterocycles. The summed E-state index contributed by atoms with van der Waals surface area (Å²) in [5, 5.41) is 17.3. The highest BCUT2D eigenvalue weighted by molar-refractivity contribution is 7.70. The average Bonchev–Trinajstić information content (AvgIpc) is 3.13. The number of amides is 1. The van der Waals surface area contributed by atoms with Gasteiger partial charge in [-0.2, -0.15) is 5.10 Å². The lowest BCUT2D eigenvalue weighted by molar-refractivity contribution is -0.133. The molecule has 2 aromatic heterocycles. The molecule has 4 aromatic rings. The molecule has 38 heavy (non-hydrogen) atoms. The predicted molar refractivity (Wildman–Crippen MR) is 149 cm³/mol. The maximum absolute atomic E-state index is 15.4. The number of fused-ring (bicyclic) bond motifs is 2. The Hall–Kier alpha value is -3.78. The summed E-state index contributed by atoms with van der Waals surface area (Å²) in [5.74, 6) is 0.397. The zero-order valence-corrected chi connectivity index (χ0v) is 23.0.